The third-order valence-electron chi connectivity index (χ3n) is 1.82. The summed E-state index contributed by atoms with van der Waals surface area (Å²) >= 11 is 5.61. The summed E-state index contributed by atoms with van der Waals surface area (Å²) in [5.41, 5.74) is 0.934. The molecule has 0 bridgehead atoms. The Morgan fingerprint density at radius 3 is 2.67 bits per heavy atom. The molecule has 0 spiro atoms. The lowest BCUT2D eigenvalue weighted by Gasteiger charge is -2.16. The normalized spacial score (nSPS) is 10.0. The summed E-state index contributed by atoms with van der Waals surface area (Å²) < 4.78 is 12.7. The van der Waals surface area contributed by atoms with Gasteiger partial charge >= 0.3 is 0 Å². The maximum Gasteiger partial charge on any atom is 0.141 e. The van der Waals surface area contributed by atoms with Gasteiger partial charge in [0.05, 0.1) is 5.02 Å². The molecule has 0 aliphatic heterocycles. The minimum Gasteiger partial charge on any atom is -0.375 e. The lowest BCUT2D eigenvalue weighted by molar-refractivity contribution is 0.628. The van der Waals surface area contributed by atoms with Gasteiger partial charge in [-0.15, -0.1) is 0 Å². The summed E-state index contributed by atoms with van der Waals surface area (Å²) in [7, 11) is 1.93. The van der Waals surface area contributed by atoms with E-state index in [1.165, 1.54) is 6.07 Å². The SMILES string of the molecule is CCN(C)c1ccc(F)c(Cl)c1. The van der Waals surface area contributed by atoms with Crippen molar-refractivity contribution in [3.63, 3.8) is 0 Å². The molecule has 12 heavy (non-hydrogen) atoms. The molecule has 0 saturated heterocycles. The quantitative estimate of drug-likeness (QED) is 0.688. The van der Waals surface area contributed by atoms with Crippen LogP contribution < -0.4 is 4.90 Å². The van der Waals surface area contributed by atoms with E-state index in [1.54, 1.807) is 12.1 Å². The van der Waals surface area contributed by atoms with E-state index in [2.05, 4.69) is 0 Å². The second kappa shape index (κ2) is 3.76. The molecule has 0 N–H and O–H groups in total. The Morgan fingerprint density at radius 1 is 1.50 bits per heavy atom. The molecule has 0 heterocycles. The molecule has 66 valence electrons. The zero-order valence-electron chi connectivity index (χ0n) is 7.14. The Labute approximate surface area is 76.8 Å². The van der Waals surface area contributed by atoms with Gasteiger partial charge in [0.25, 0.3) is 0 Å². The molecule has 0 aliphatic carbocycles. The van der Waals surface area contributed by atoms with Gasteiger partial charge < -0.3 is 4.90 Å². The van der Waals surface area contributed by atoms with E-state index in [1.807, 2.05) is 18.9 Å². The second-order valence-corrected chi connectivity index (χ2v) is 3.02. The number of anilines is 1. The molecule has 0 unspecified atom stereocenters. The molecule has 1 aromatic carbocycles. The summed E-state index contributed by atoms with van der Waals surface area (Å²) in [4.78, 5) is 1.99. The number of hydrogen-bond acceptors (Lipinski definition) is 1. The van der Waals surface area contributed by atoms with Crippen molar-refractivity contribution in [1.82, 2.24) is 0 Å². The molecule has 0 fully saturated rings. The lowest BCUT2D eigenvalue weighted by Crippen LogP contribution is -2.15. The van der Waals surface area contributed by atoms with Crippen LogP contribution in [-0.2, 0) is 0 Å². The van der Waals surface area contributed by atoms with Crippen molar-refractivity contribution < 1.29 is 4.39 Å². The first-order valence-corrected chi connectivity index (χ1v) is 4.19. The van der Waals surface area contributed by atoms with Crippen LogP contribution in [0.5, 0.6) is 0 Å². The van der Waals surface area contributed by atoms with Crippen molar-refractivity contribution in [1.29, 1.82) is 0 Å². The van der Waals surface area contributed by atoms with Crippen LogP contribution in [0.1, 0.15) is 6.92 Å². The minimum absolute atomic E-state index is 0.174. The first kappa shape index (κ1) is 9.33. The first-order valence-electron chi connectivity index (χ1n) is 3.81. The zero-order chi connectivity index (χ0) is 9.14. The average molecular weight is 188 g/mol. The molecular weight excluding hydrogens is 177 g/mol. The highest BCUT2D eigenvalue weighted by atomic mass is 35.5. The lowest BCUT2D eigenvalue weighted by atomic mass is 10.3. The average Bonchev–Trinajstić information content (AvgIpc) is 2.08. The van der Waals surface area contributed by atoms with E-state index in [0.29, 0.717) is 0 Å². The molecule has 0 saturated carbocycles. The molecule has 0 amide bonds. The maximum absolute atomic E-state index is 12.7. The number of halogens is 2. The van der Waals surface area contributed by atoms with Gasteiger partial charge in [-0.2, -0.15) is 0 Å². The number of hydrogen-bond donors (Lipinski definition) is 0. The van der Waals surface area contributed by atoms with Gasteiger partial charge in [-0.1, -0.05) is 11.6 Å². The van der Waals surface area contributed by atoms with Crippen molar-refractivity contribution >= 4 is 17.3 Å². The Hall–Kier alpha value is -0.760. The fourth-order valence-electron chi connectivity index (χ4n) is 0.905. The Kier molecular flexibility index (Phi) is 2.93. The van der Waals surface area contributed by atoms with E-state index < -0.39 is 0 Å². The highest BCUT2D eigenvalue weighted by molar-refractivity contribution is 6.31. The summed E-state index contributed by atoms with van der Waals surface area (Å²) in [6.07, 6.45) is 0. The Morgan fingerprint density at radius 2 is 2.17 bits per heavy atom. The van der Waals surface area contributed by atoms with Gasteiger partial charge in [0, 0.05) is 19.3 Å². The van der Waals surface area contributed by atoms with Gasteiger partial charge in [0.1, 0.15) is 5.82 Å². The van der Waals surface area contributed by atoms with Gasteiger partial charge in [-0.3, -0.25) is 0 Å². The molecule has 0 aliphatic rings. The van der Waals surface area contributed by atoms with Gasteiger partial charge in [0.15, 0.2) is 0 Å². The Balaban J connectivity index is 2.96. The first-order chi connectivity index (χ1) is 5.65. The molecule has 1 nitrogen and oxygen atoms in total. The van der Waals surface area contributed by atoms with Crippen molar-refractivity contribution in [2.45, 2.75) is 6.92 Å². The molecule has 0 radical (unpaired) electrons. The summed E-state index contributed by atoms with van der Waals surface area (Å²) in [6.45, 7) is 2.90. The van der Waals surface area contributed by atoms with Crippen LogP contribution in [-0.4, -0.2) is 13.6 Å². The third-order valence-corrected chi connectivity index (χ3v) is 2.11. The minimum atomic E-state index is -0.370. The van der Waals surface area contributed by atoms with Crippen molar-refractivity contribution in [2.75, 3.05) is 18.5 Å². The number of benzene rings is 1. The van der Waals surface area contributed by atoms with E-state index in [4.69, 9.17) is 11.6 Å². The number of nitrogens with zero attached hydrogens (tertiary/aromatic N) is 1. The molecule has 1 rings (SSSR count). The monoisotopic (exact) mass is 187 g/mol. The largest absolute Gasteiger partial charge is 0.375 e. The molecule has 3 heteroatoms. The summed E-state index contributed by atoms with van der Waals surface area (Å²) in [6, 6.07) is 4.72. The van der Waals surface area contributed by atoms with Gasteiger partial charge in [0.2, 0.25) is 0 Å². The topological polar surface area (TPSA) is 3.24 Å². The maximum atomic E-state index is 12.7. The number of rotatable bonds is 2. The van der Waals surface area contributed by atoms with Crippen LogP contribution >= 0.6 is 11.6 Å². The van der Waals surface area contributed by atoms with Gasteiger partial charge in [-0.05, 0) is 25.1 Å². The Bertz CT molecular complexity index is 275. The highest BCUT2D eigenvalue weighted by Gasteiger charge is 2.02. The zero-order valence-corrected chi connectivity index (χ0v) is 7.90. The molecule has 1 aromatic rings. The fraction of sp³-hybridized carbons (Fsp3) is 0.333. The van der Waals surface area contributed by atoms with Crippen LogP contribution in [0.15, 0.2) is 18.2 Å². The summed E-state index contributed by atoms with van der Waals surface area (Å²) in [5.74, 6) is -0.370. The second-order valence-electron chi connectivity index (χ2n) is 2.61. The summed E-state index contributed by atoms with van der Waals surface area (Å²) in [5, 5.41) is 0.174. The molecule has 0 atom stereocenters. The van der Waals surface area contributed by atoms with Crippen LogP contribution in [0, 0.1) is 5.82 Å². The molecular formula is C9H11ClFN. The van der Waals surface area contributed by atoms with E-state index in [9.17, 15) is 4.39 Å². The van der Waals surface area contributed by atoms with Crippen molar-refractivity contribution in [3.8, 4) is 0 Å². The highest BCUT2D eigenvalue weighted by Crippen LogP contribution is 2.21. The van der Waals surface area contributed by atoms with E-state index in [0.717, 1.165) is 12.2 Å². The van der Waals surface area contributed by atoms with E-state index in [-0.39, 0.29) is 10.8 Å². The third kappa shape index (κ3) is 1.89. The van der Waals surface area contributed by atoms with Crippen molar-refractivity contribution in [2.24, 2.45) is 0 Å². The predicted molar refractivity (Wildman–Crippen MR) is 50.4 cm³/mol. The van der Waals surface area contributed by atoms with Crippen LogP contribution in [0.2, 0.25) is 5.02 Å². The standard InChI is InChI=1S/C9H11ClFN/c1-3-12(2)7-4-5-9(11)8(10)6-7/h4-6H,3H2,1-2H3. The fourth-order valence-corrected chi connectivity index (χ4v) is 1.08. The molecule has 0 aromatic heterocycles. The van der Waals surface area contributed by atoms with Crippen molar-refractivity contribution in [3.05, 3.63) is 29.0 Å². The van der Waals surface area contributed by atoms with E-state index >= 15 is 0 Å². The van der Waals surface area contributed by atoms with Gasteiger partial charge in [-0.25, -0.2) is 4.39 Å². The van der Waals surface area contributed by atoms with Crippen LogP contribution in [0.4, 0.5) is 10.1 Å². The van der Waals surface area contributed by atoms with Crippen LogP contribution in [0.25, 0.3) is 0 Å². The van der Waals surface area contributed by atoms with Crippen LogP contribution in [0.3, 0.4) is 0 Å². The smallest absolute Gasteiger partial charge is 0.141 e. The predicted octanol–water partition coefficient (Wildman–Crippen LogP) is 2.94.